The topological polar surface area (TPSA) is 78.5 Å². The van der Waals surface area contributed by atoms with Crippen molar-refractivity contribution in [3.05, 3.63) is 106 Å². The molecule has 0 radical (unpaired) electrons. The van der Waals surface area contributed by atoms with Crippen LogP contribution in [0.2, 0.25) is 0 Å². The molecule has 0 unspecified atom stereocenters. The summed E-state index contributed by atoms with van der Waals surface area (Å²) in [6.07, 6.45) is 0.932. The molecule has 1 aliphatic heterocycles. The third kappa shape index (κ3) is 4.96. The summed E-state index contributed by atoms with van der Waals surface area (Å²) in [5.74, 6) is -1.28. The highest BCUT2D eigenvalue weighted by molar-refractivity contribution is 6.48. The predicted octanol–water partition coefficient (Wildman–Crippen LogP) is 4.93. The Bertz CT molecular complexity index is 1220. The van der Waals surface area contributed by atoms with E-state index >= 15 is 0 Å². The van der Waals surface area contributed by atoms with E-state index in [1.165, 1.54) is 5.56 Å². The zero-order valence-corrected chi connectivity index (χ0v) is 18.7. The van der Waals surface area contributed by atoms with Gasteiger partial charge in [-0.1, -0.05) is 61.0 Å². The van der Waals surface area contributed by atoms with Crippen LogP contribution in [0.3, 0.4) is 0 Å². The van der Waals surface area contributed by atoms with Gasteiger partial charge in [-0.15, -0.1) is 0 Å². The van der Waals surface area contributed by atoms with E-state index in [0.29, 0.717) is 16.9 Å². The largest absolute Gasteiger partial charge is 0.350 e. The highest BCUT2D eigenvalue weighted by Gasteiger charge is 2.37. The van der Waals surface area contributed by atoms with Gasteiger partial charge in [0, 0.05) is 16.9 Å². The number of rotatable bonds is 7. The summed E-state index contributed by atoms with van der Waals surface area (Å²) in [7, 11) is 0. The molecule has 0 spiro atoms. The average Bonchev–Trinajstić information content (AvgIpc) is 3.04. The van der Waals surface area contributed by atoms with Crippen molar-refractivity contribution in [3.63, 3.8) is 0 Å². The van der Waals surface area contributed by atoms with E-state index in [0.717, 1.165) is 16.9 Å². The second kappa shape index (κ2) is 9.71. The van der Waals surface area contributed by atoms with E-state index in [1.807, 2.05) is 54.6 Å². The Morgan fingerprint density at radius 3 is 2.09 bits per heavy atom. The molecule has 166 valence electrons. The minimum Gasteiger partial charge on any atom is -0.350 e. The molecule has 1 aliphatic rings. The van der Waals surface area contributed by atoms with Crippen molar-refractivity contribution in [2.75, 3.05) is 10.6 Å². The molecular weight excluding hydrogens is 438 g/mol. The number of anilines is 2. The van der Waals surface area contributed by atoms with Gasteiger partial charge in [-0.2, -0.15) is 0 Å². The fraction of sp³-hybridized carbons (Fsp3) is 0.115. The number of amides is 3. The van der Waals surface area contributed by atoms with Gasteiger partial charge in [-0.05, 0) is 53.9 Å². The smallest absolute Gasteiger partial charge is 0.279 e. The number of halogens is 1. The van der Waals surface area contributed by atoms with Crippen molar-refractivity contribution in [3.8, 4) is 0 Å². The quantitative estimate of drug-likeness (QED) is 0.491. The third-order valence-corrected chi connectivity index (χ3v) is 5.68. The van der Waals surface area contributed by atoms with Crippen LogP contribution >= 0.6 is 11.6 Å². The van der Waals surface area contributed by atoms with Crippen LogP contribution in [0.25, 0.3) is 0 Å². The molecule has 1 heterocycles. The maximum absolute atomic E-state index is 12.8. The summed E-state index contributed by atoms with van der Waals surface area (Å²) >= 11 is 6.17. The molecule has 3 aromatic rings. The molecule has 0 atom stereocenters. The molecule has 0 saturated carbocycles. The number of nitrogens with one attached hydrogen (secondary N) is 2. The Balaban J connectivity index is 1.42. The molecular formula is C26H22ClN3O3. The molecule has 4 rings (SSSR count). The van der Waals surface area contributed by atoms with E-state index in [2.05, 4.69) is 17.6 Å². The second-order valence-electron chi connectivity index (χ2n) is 7.58. The number of aryl methyl sites for hydroxylation is 1. The first kappa shape index (κ1) is 22.3. The Morgan fingerprint density at radius 1 is 0.818 bits per heavy atom. The van der Waals surface area contributed by atoms with Crippen molar-refractivity contribution in [1.82, 2.24) is 4.90 Å². The summed E-state index contributed by atoms with van der Waals surface area (Å²) in [6.45, 7) is 2.21. The molecule has 0 bridgehead atoms. The summed E-state index contributed by atoms with van der Waals surface area (Å²) in [5.41, 5.74) is 3.74. The van der Waals surface area contributed by atoms with E-state index < -0.39 is 11.8 Å². The molecule has 3 amide bonds. The van der Waals surface area contributed by atoms with Crippen molar-refractivity contribution >= 4 is 40.7 Å². The predicted molar refractivity (Wildman–Crippen MR) is 129 cm³/mol. The van der Waals surface area contributed by atoms with Crippen LogP contribution in [0.15, 0.2) is 89.6 Å². The lowest BCUT2D eigenvalue weighted by Crippen LogP contribution is -2.31. The second-order valence-corrected chi connectivity index (χ2v) is 7.96. The van der Waals surface area contributed by atoms with Gasteiger partial charge in [0.1, 0.15) is 10.7 Å². The monoisotopic (exact) mass is 459 g/mol. The van der Waals surface area contributed by atoms with Crippen molar-refractivity contribution in [1.29, 1.82) is 0 Å². The van der Waals surface area contributed by atoms with Crippen LogP contribution in [0.5, 0.6) is 0 Å². The van der Waals surface area contributed by atoms with Gasteiger partial charge in [0.2, 0.25) is 0 Å². The van der Waals surface area contributed by atoms with Crippen molar-refractivity contribution < 1.29 is 14.4 Å². The van der Waals surface area contributed by atoms with Crippen LogP contribution in [0.1, 0.15) is 28.4 Å². The Hall–Kier alpha value is -3.90. The molecule has 0 aromatic heterocycles. The molecule has 33 heavy (non-hydrogen) atoms. The minimum absolute atomic E-state index is 0.0193. The summed E-state index contributed by atoms with van der Waals surface area (Å²) in [6, 6.07) is 23.5. The number of carbonyl (C=O) groups excluding carboxylic acids is 3. The third-order valence-electron chi connectivity index (χ3n) is 5.33. The summed E-state index contributed by atoms with van der Waals surface area (Å²) < 4.78 is 0. The first-order valence-corrected chi connectivity index (χ1v) is 10.9. The fourth-order valence-corrected chi connectivity index (χ4v) is 3.67. The standard InChI is InChI=1S/C26H22ClN3O3/c1-2-17-8-12-21(13-9-17)29-24(31)19-10-14-20(15-11-19)28-23-22(27)25(32)30(26(23)33)16-18-6-4-3-5-7-18/h3-15,28H,2,16H2,1H3,(H,29,31). The maximum atomic E-state index is 12.8. The molecule has 0 fully saturated rings. The minimum atomic E-state index is -0.543. The Kier molecular flexibility index (Phi) is 6.56. The fourth-order valence-electron chi connectivity index (χ4n) is 3.44. The maximum Gasteiger partial charge on any atom is 0.279 e. The van der Waals surface area contributed by atoms with Gasteiger partial charge in [0.15, 0.2) is 0 Å². The van der Waals surface area contributed by atoms with Gasteiger partial charge in [-0.3, -0.25) is 19.3 Å². The molecule has 0 saturated heterocycles. The van der Waals surface area contributed by atoms with Gasteiger partial charge in [-0.25, -0.2) is 0 Å². The van der Waals surface area contributed by atoms with Gasteiger partial charge in [0.25, 0.3) is 17.7 Å². The lowest BCUT2D eigenvalue weighted by molar-refractivity contribution is -0.138. The van der Waals surface area contributed by atoms with Crippen LogP contribution < -0.4 is 10.6 Å². The highest BCUT2D eigenvalue weighted by atomic mass is 35.5. The van der Waals surface area contributed by atoms with Crippen LogP contribution in [0.4, 0.5) is 11.4 Å². The normalized spacial score (nSPS) is 13.5. The molecule has 6 nitrogen and oxygen atoms in total. The van der Waals surface area contributed by atoms with E-state index in [-0.39, 0.29) is 23.2 Å². The lowest BCUT2D eigenvalue weighted by Gasteiger charge is -2.15. The highest BCUT2D eigenvalue weighted by Crippen LogP contribution is 2.27. The Labute approximate surface area is 196 Å². The van der Waals surface area contributed by atoms with Crippen molar-refractivity contribution in [2.45, 2.75) is 19.9 Å². The number of hydrogen-bond acceptors (Lipinski definition) is 4. The van der Waals surface area contributed by atoms with Crippen LogP contribution in [-0.4, -0.2) is 22.6 Å². The number of hydrogen-bond donors (Lipinski definition) is 2. The van der Waals surface area contributed by atoms with Gasteiger partial charge >= 0.3 is 0 Å². The molecule has 3 aromatic carbocycles. The number of benzene rings is 3. The van der Waals surface area contributed by atoms with E-state index in [4.69, 9.17) is 11.6 Å². The number of carbonyl (C=O) groups is 3. The zero-order valence-electron chi connectivity index (χ0n) is 18.0. The molecule has 2 N–H and O–H groups in total. The van der Waals surface area contributed by atoms with Crippen LogP contribution in [0, 0.1) is 0 Å². The van der Waals surface area contributed by atoms with Crippen LogP contribution in [-0.2, 0) is 22.6 Å². The lowest BCUT2D eigenvalue weighted by atomic mass is 10.1. The number of nitrogens with zero attached hydrogens (tertiary/aromatic N) is 1. The van der Waals surface area contributed by atoms with E-state index in [1.54, 1.807) is 24.3 Å². The van der Waals surface area contributed by atoms with Gasteiger partial charge < -0.3 is 10.6 Å². The summed E-state index contributed by atoms with van der Waals surface area (Å²) in [4.78, 5) is 38.9. The number of imide groups is 1. The zero-order chi connectivity index (χ0) is 23.4. The molecule has 0 aliphatic carbocycles. The SMILES string of the molecule is CCc1ccc(NC(=O)c2ccc(NC3=C(Cl)C(=O)N(Cc4ccccc4)C3=O)cc2)cc1. The summed E-state index contributed by atoms with van der Waals surface area (Å²) in [5, 5.41) is 5.62. The van der Waals surface area contributed by atoms with E-state index in [9.17, 15) is 14.4 Å². The molecule has 7 heteroatoms. The first-order chi connectivity index (χ1) is 16.0. The average molecular weight is 460 g/mol. The van der Waals surface area contributed by atoms with Gasteiger partial charge in [0.05, 0.1) is 6.54 Å². The van der Waals surface area contributed by atoms with Crippen molar-refractivity contribution in [2.24, 2.45) is 0 Å². The first-order valence-electron chi connectivity index (χ1n) is 10.5. The Morgan fingerprint density at radius 2 is 1.45 bits per heavy atom.